The molecular formula is C26H23BrN2O4. The van der Waals surface area contributed by atoms with Gasteiger partial charge in [-0.2, -0.15) is 0 Å². The second kappa shape index (κ2) is 8.23. The van der Waals surface area contributed by atoms with Crippen LogP contribution in [0.3, 0.4) is 0 Å². The fraction of sp³-hybridized carbons (Fsp3) is 0.231. The minimum Gasteiger partial charge on any atom is -0.508 e. The van der Waals surface area contributed by atoms with E-state index in [-0.39, 0.29) is 18.3 Å². The van der Waals surface area contributed by atoms with E-state index in [0.29, 0.717) is 34.5 Å². The summed E-state index contributed by atoms with van der Waals surface area (Å²) in [5, 5.41) is 10.6. The summed E-state index contributed by atoms with van der Waals surface area (Å²) in [6, 6.07) is 16.7. The maximum atomic E-state index is 13.7. The summed E-state index contributed by atoms with van der Waals surface area (Å²) in [4.78, 5) is 20.2. The molecule has 0 aliphatic carbocycles. The van der Waals surface area contributed by atoms with Gasteiger partial charge in [0.15, 0.2) is 11.5 Å². The van der Waals surface area contributed by atoms with Crippen molar-refractivity contribution in [2.45, 2.75) is 30.8 Å². The predicted molar refractivity (Wildman–Crippen MR) is 132 cm³/mol. The van der Waals surface area contributed by atoms with E-state index in [1.54, 1.807) is 31.4 Å². The zero-order valence-electron chi connectivity index (χ0n) is 18.3. The van der Waals surface area contributed by atoms with Gasteiger partial charge in [-0.15, -0.1) is 0 Å². The van der Waals surface area contributed by atoms with Crippen LogP contribution in [0, 0.1) is 0 Å². The summed E-state index contributed by atoms with van der Waals surface area (Å²) in [5.74, 6) is 1.00. The van der Waals surface area contributed by atoms with Gasteiger partial charge in [0.1, 0.15) is 12.4 Å². The smallest absolute Gasteiger partial charge is 0.261 e. The van der Waals surface area contributed by atoms with Crippen LogP contribution in [0.15, 0.2) is 59.6 Å². The highest BCUT2D eigenvalue weighted by Gasteiger charge is 2.44. The highest BCUT2D eigenvalue weighted by atomic mass is 79.9. The van der Waals surface area contributed by atoms with Crippen molar-refractivity contribution >= 4 is 39.4 Å². The van der Waals surface area contributed by atoms with Crippen LogP contribution < -0.4 is 14.4 Å². The number of rotatable bonds is 5. The van der Waals surface area contributed by atoms with Crippen LogP contribution in [0.5, 0.6) is 17.2 Å². The Morgan fingerprint density at radius 1 is 1.12 bits per heavy atom. The SMILES string of the molecule is COc1cc2c(cc1OCc1cc(O)cc(CBr)c1)N=C[C@]1(C)Cc3ccccc3N1C2=O. The molecule has 33 heavy (non-hydrogen) atoms. The minimum atomic E-state index is -0.540. The summed E-state index contributed by atoms with van der Waals surface area (Å²) < 4.78 is 11.6. The highest BCUT2D eigenvalue weighted by Crippen LogP contribution is 2.44. The Morgan fingerprint density at radius 3 is 2.70 bits per heavy atom. The fourth-order valence-electron chi connectivity index (χ4n) is 4.56. The van der Waals surface area contributed by atoms with Crippen molar-refractivity contribution in [3.63, 3.8) is 0 Å². The first kappa shape index (κ1) is 21.5. The number of benzene rings is 3. The van der Waals surface area contributed by atoms with Crippen LogP contribution in [-0.2, 0) is 18.4 Å². The second-order valence-electron chi connectivity index (χ2n) is 8.51. The number of phenols is 1. The molecule has 0 unspecified atom stereocenters. The Labute approximate surface area is 200 Å². The third-order valence-corrected chi connectivity index (χ3v) is 6.72. The molecule has 0 saturated carbocycles. The topological polar surface area (TPSA) is 71.4 Å². The van der Waals surface area contributed by atoms with Crippen molar-refractivity contribution in [1.29, 1.82) is 0 Å². The van der Waals surface area contributed by atoms with Gasteiger partial charge in [0.25, 0.3) is 5.91 Å². The van der Waals surface area contributed by atoms with Crippen molar-refractivity contribution in [3.05, 3.63) is 76.9 Å². The molecule has 168 valence electrons. The first-order chi connectivity index (χ1) is 15.9. The maximum absolute atomic E-state index is 13.7. The Bertz CT molecular complexity index is 1290. The first-order valence-electron chi connectivity index (χ1n) is 10.6. The van der Waals surface area contributed by atoms with Gasteiger partial charge in [-0.1, -0.05) is 40.2 Å². The van der Waals surface area contributed by atoms with E-state index in [9.17, 15) is 9.90 Å². The Morgan fingerprint density at radius 2 is 1.91 bits per heavy atom. The van der Waals surface area contributed by atoms with E-state index in [0.717, 1.165) is 22.4 Å². The maximum Gasteiger partial charge on any atom is 0.261 e. The number of fused-ring (bicyclic) bond motifs is 4. The number of hydrogen-bond acceptors (Lipinski definition) is 5. The number of phenolic OH excluding ortho intramolecular Hbond substituents is 1. The van der Waals surface area contributed by atoms with Crippen LogP contribution in [0.4, 0.5) is 11.4 Å². The van der Waals surface area contributed by atoms with Crippen LogP contribution >= 0.6 is 15.9 Å². The van der Waals surface area contributed by atoms with Gasteiger partial charge in [0.05, 0.1) is 23.9 Å². The molecule has 3 aromatic rings. The summed E-state index contributed by atoms with van der Waals surface area (Å²) in [6.07, 6.45) is 2.56. The summed E-state index contributed by atoms with van der Waals surface area (Å²) in [6.45, 7) is 2.26. The van der Waals surface area contributed by atoms with Crippen LogP contribution in [0.1, 0.15) is 34.0 Å². The van der Waals surface area contributed by atoms with E-state index in [1.165, 1.54) is 0 Å². The molecule has 2 aliphatic heterocycles. The lowest BCUT2D eigenvalue weighted by molar-refractivity contribution is 0.0976. The number of carbonyl (C=O) groups is 1. The molecule has 0 fully saturated rings. The third kappa shape index (κ3) is 3.76. The van der Waals surface area contributed by atoms with Gasteiger partial charge in [-0.25, -0.2) is 0 Å². The molecule has 3 aromatic carbocycles. The van der Waals surface area contributed by atoms with E-state index in [4.69, 9.17) is 14.5 Å². The number of amides is 1. The third-order valence-electron chi connectivity index (χ3n) is 6.07. The molecule has 1 amide bonds. The van der Waals surface area contributed by atoms with Gasteiger partial charge in [0.2, 0.25) is 0 Å². The van der Waals surface area contributed by atoms with Gasteiger partial charge >= 0.3 is 0 Å². The zero-order valence-corrected chi connectivity index (χ0v) is 19.9. The minimum absolute atomic E-state index is 0.116. The van der Waals surface area contributed by atoms with Crippen molar-refractivity contribution in [1.82, 2.24) is 0 Å². The number of aliphatic imine (C=N–C) groups is 1. The fourth-order valence-corrected chi connectivity index (χ4v) is 4.88. The monoisotopic (exact) mass is 506 g/mol. The Kier molecular flexibility index (Phi) is 5.37. The predicted octanol–water partition coefficient (Wildman–Crippen LogP) is 5.55. The lowest BCUT2D eigenvalue weighted by atomic mass is 9.98. The average Bonchev–Trinajstić information content (AvgIpc) is 3.07. The molecule has 5 rings (SSSR count). The van der Waals surface area contributed by atoms with Crippen molar-refractivity contribution < 1.29 is 19.4 Å². The van der Waals surface area contributed by atoms with Crippen molar-refractivity contribution in [2.24, 2.45) is 4.99 Å². The molecule has 0 bridgehead atoms. The molecule has 0 radical (unpaired) electrons. The van der Waals surface area contributed by atoms with Gasteiger partial charge in [-0.05, 0) is 47.9 Å². The number of halogens is 1. The number of anilines is 1. The molecule has 7 heteroatoms. The molecule has 2 heterocycles. The number of aromatic hydroxyl groups is 1. The first-order valence-corrected chi connectivity index (χ1v) is 11.7. The van der Waals surface area contributed by atoms with Crippen LogP contribution in [-0.4, -0.2) is 29.9 Å². The largest absolute Gasteiger partial charge is 0.508 e. The van der Waals surface area contributed by atoms with E-state index in [2.05, 4.69) is 22.0 Å². The average molecular weight is 507 g/mol. The standard InChI is InChI=1S/C26H23BrN2O4/c1-26-12-18-5-3-4-6-22(18)29(26)25(31)20-10-23(32-2)24(11-21(20)28-15-26)33-14-17-7-16(13-27)8-19(30)9-17/h3-11,15,30H,12-14H2,1-2H3/t26-/m0/s1. The molecule has 0 aromatic heterocycles. The number of para-hydroxylation sites is 1. The number of nitrogens with zero attached hydrogens (tertiary/aromatic N) is 2. The van der Waals surface area contributed by atoms with Gasteiger partial charge < -0.3 is 14.6 Å². The van der Waals surface area contributed by atoms with E-state index in [1.807, 2.05) is 42.3 Å². The van der Waals surface area contributed by atoms with Gasteiger partial charge in [0, 0.05) is 29.7 Å². The number of carbonyl (C=O) groups excluding carboxylic acids is 1. The normalized spacial score (nSPS) is 18.4. The molecule has 0 spiro atoms. The van der Waals surface area contributed by atoms with Crippen molar-refractivity contribution in [2.75, 3.05) is 12.0 Å². The summed E-state index contributed by atoms with van der Waals surface area (Å²) in [7, 11) is 1.55. The van der Waals surface area contributed by atoms with E-state index >= 15 is 0 Å². The lowest BCUT2D eigenvalue weighted by Crippen LogP contribution is -2.48. The molecule has 6 nitrogen and oxygen atoms in total. The number of hydrogen-bond donors (Lipinski definition) is 1. The number of methoxy groups -OCH3 is 1. The summed E-state index contributed by atoms with van der Waals surface area (Å²) in [5.41, 5.74) is 4.29. The molecule has 1 atom stereocenters. The lowest BCUT2D eigenvalue weighted by Gasteiger charge is -2.31. The molecule has 0 saturated heterocycles. The molecule has 1 N–H and O–H groups in total. The highest BCUT2D eigenvalue weighted by molar-refractivity contribution is 9.08. The van der Waals surface area contributed by atoms with Crippen molar-refractivity contribution in [3.8, 4) is 17.2 Å². The van der Waals surface area contributed by atoms with E-state index < -0.39 is 5.54 Å². The number of ether oxygens (including phenoxy) is 2. The summed E-state index contributed by atoms with van der Waals surface area (Å²) >= 11 is 3.41. The Balaban J connectivity index is 1.50. The quantitative estimate of drug-likeness (QED) is 0.460. The van der Waals surface area contributed by atoms with Crippen LogP contribution in [0.2, 0.25) is 0 Å². The zero-order chi connectivity index (χ0) is 23.2. The molecular weight excluding hydrogens is 484 g/mol. The molecule has 2 aliphatic rings. The van der Waals surface area contributed by atoms with Crippen LogP contribution in [0.25, 0.3) is 0 Å². The second-order valence-corrected chi connectivity index (χ2v) is 9.07. The Hall–Kier alpha value is -3.32. The number of alkyl halides is 1. The van der Waals surface area contributed by atoms with Gasteiger partial charge in [-0.3, -0.25) is 14.7 Å².